The van der Waals surface area contributed by atoms with Crippen LogP contribution in [-0.2, 0) is 4.79 Å². The summed E-state index contributed by atoms with van der Waals surface area (Å²) >= 11 is 4.57. The Morgan fingerprint density at radius 2 is 2.04 bits per heavy atom. The Bertz CT molecular complexity index is 896. The molecule has 1 amide bonds. The van der Waals surface area contributed by atoms with E-state index >= 15 is 0 Å². The molecule has 1 aromatic heterocycles. The molecule has 0 saturated heterocycles. The van der Waals surface area contributed by atoms with Crippen LogP contribution in [0.2, 0.25) is 0 Å². The van der Waals surface area contributed by atoms with Crippen molar-refractivity contribution in [1.29, 1.82) is 0 Å². The maximum Gasteiger partial charge on any atom is 0.234 e. The number of halogens is 1. The first-order valence-electron chi connectivity index (χ1n) is 7.42. The molecule has 3 rings (SSSR count). The Morgan fingerprint density at radius 1 is 1.28 bits per heavy atom. The Balaban J connectivity index is 1.61. The number of nitrogens with one attached hydrogen (secondary N) is 2. The SMILES string of the molecule is Cc1ccc(NC(=O)CSc2n[nH]c(-c3cc(Br)ccc3O)n2)cc1. The largest absolute Gasteiger partial charge is 0.507 e. The van der Waals surface area contributed by atoms with Gasteiger partial charge in [0.25, 0.3) is 0 Å². The monoisotopic (exact) mass is 418 g/mol. The normalized spacial score (nSPS) is 10.6. The van der Waals surface area contributed by atoms with Crippen LogP contribution >= 0.6 is 27.7 Å². The van der Waals surface area contributed by atoms with Gasteiger partial charge in [-0.15, -0.1) is 5.10 Å². The first-order valence-corrected chi connectivity index (χ1v) is 9.20. The fourth-order valence-electron chi connectivity index (χ4n) is 2.09. The topological polar surface area (TPSA) is 90.9 Å². The molecule has 0 spiro atoms. The molecule has 6 nitrogen and oxygen atoms in total. The summed E-state index contributed by atoms with van der Waals surface area (Å²) in [5.74, 6) is 0.606. The molecular formula is C17H15BrN4O2S. The quantitative estimate of drug-likeness (QED) is 0.545. The number of thioether (sulfide) groups is 1. The lowest BCUT2D eigenvalue weighted by atomic mass is 10.2. The smallest absolute Gasteiger partial charge is 0.234 e. The van der Waals surface area contributed by atoms with Gasteiger partial charge in [-0.3, -0.25) is 9.89 Å². The number of carbonyl (C=O) groups excluding carboxylic acids is 1. The third-order valence-corrected chi connectivity index (χ3v) is 4.69. The molecule has 0 saturated carbocycles. The van der Waals surface area contributed by atoms with Crippen LogP contribution in [0, 0.1) is 6.92 Å². The lowest BCUT2D eigenvalue weighted by Crippen LogP contribution is -2.14. The third kappa shape index (κ3) is 4.61. The van der Waals surface area contributed by atoms with Gasteiger partial charge in [-0.05, 0) is 37.3 Å². The Morgan fingerprint density at radius 3 is 2.80 bits per heavy atom. The molecule has 0 aliphatic heterocycles. The van der Waals surface area contributed by atoms with Gasteiger partial charge in [-0.25, -0.2) is 4.98 Å². The number of rotatable bonds is 5. The molecule has 0 aliphatic rings. The number of amides is 1. The zero-order chi connectivity index (χ0) is 17.8. The van der Waals surface area contributed by atoms with Crippen molar-refractivity contribution in [2.24, 2.45) is 0 Å². The van der Waals surface area contributed by atoms with E-state index in [9.17, 15) is 9.90 Å². The highest BCUT2D eigenvalue weighted by Crippen LogP contribution is 2.30. The molecule has 25 heavy (non-hydrogen) atoms. The molecule has 0 bridgehead atoms. The summed E-state index contributed by atoms with van der Waals surface area (Å²) in [5, 5.41) is 20.0. The average Bonchev–Trinajstić information content (AvgIpc) is 3.06. The van der Waals surface area contributed by atoms with Gasteiger partial charge < -0.3 is 10.4 Å². The average molecular weight is 419 g/mol. The Hall–Kier alpha value is -2.32. The van der Waals surface area contributed by atoms with Crippen molar-refractivity contribution >= 4 is 39.3 Å². The third-order valence-electron chi connectivity index (χ3n) is 3.35. The van der Waals surface area contributed by atoms with Crippen molar-refractivity contribution in [2.75, 3.05) is 11.1 Å². The van der Waals surface area contributed by atoms with E-state index < -0.39 is 0 Å². The van der Waals surface area contributed by atoms with Crippen LogP contribution in [0.5, 0.6) is 5.75 Å². The van der Waals surface area contributed by atoms with E-state index in [2.05, 4.69) is 36.4 Å². The molecule has 8 heteroatoms. The van der Waals surface area contributed by atoms with Gasteiger partial charge >= 0.3 is 0 Å². The van der Waals surface area contributed by atoms with Crippen LogP contribution in [-0.4, -0.2) is 31.9 Å². The molecule has 0 fully saturated rings. The number of phenols is 1. The summed E-state index contributed by atoms with van der Waals surface area (Å²) < 4.78 is 0.823. The minimum atomic E-state index is -0.134. The first-order chi connectivity index (χ1) is 12.0. The van der Waals surface area contributed by atoms with Gasteiger partial charge in [-0.1, -0.05) is 45.4 Å². The van der Waals surface area contributed by atoms with Crippen LogP contribution in [0.1, 0.15) is 5.56 Å². The van der Waals surface area contributed by atoms with E-state index in [1.807, 2.05) is 31.2 Å². The van der Waals surface area contributed by atoms with Gasteiger partial charge in [0.15, 0.2) is 5.82 Å². The predicted octanol–water partition coefficient (Wildman–Crippen LogP) is 3.98. The number of phenolic OH excluding ortho intramolecular Hbond substituents is 1. The highest BCUT2D eigenvalue weighted by atomic mass is 79.9. The molecule has 0 unspecified atom stereocenters. The molecule has 1 heterocycles. The molecule has 3 aromatic rings. The highest BCUT2D eigenvalue weighted by molar-refractivity contribution is 9.10. The second-order valence-electron chi connectivity index (χ2n) is 5.33. The molecule has 0 atom stereocenters. The zero-order valence-electron chi connectivity index (χ0n) is 13.3. The zero-order valence-corrected chi connectivity index (χ0v) is 15.7. The van der Waals surface area contributed by atoms with Crippen LogP contribution < -0.4 is 5.32 Å². The van der Waals surface area contributed by atoms with Crippen molar-refractivity contribution < 1.29 is 9.90 Å². The molecule has 128 valence electrons. The van der Waals surface area contributed by atoms with Gasteiger partial charge in [0.05, 0.1) is 11.3 Å². The van der Waals surface area contributed by atoms with E-state index in [4.69, 9.17) is 0 Å². The fraction of sp³-hybridized carbons (Fsp3) is 0.118. The van der Waals surface area contributed by atoms with Crippen molar-refractivity contribution in [2.45, 2.75) is 12.1 Å². The number of benzene rings is 2. The first kappa shape index (κ1) is 17.5. The van der Waals surface area contributed by atoms with Crippen molar-refractivity contribution in [3.05, 3.63) is 52.5 Å². The van der Waals surface area contributed by atoms with E-state index in [-0.39, 0.29) is 17.4 Å². The number of hydrogen-bond acceptors (Lipinski definition) is 5. The lowest BCUT2D eigenvalue weighted by molar-refractivity contribution is -0.113. The number of carbonyl (C=O) groups is 1. The van der Waals surface area contributed by atoms with Gasteiger partial charge in [-0.2, -0.15) is 0 Å². The number of anilines is 1. The predicted molar refractivity (Wildman–Crippen MR) is 102 cm³/mol. The summed E-state index contributed by atoms with van der Waals surface area (Å²) in [6.07, 6.45) is 0. The molecule has 3 N–H and O–H groups in total. The Kier molecular flexibility index (Phi) is 5.40. The van der Waals surface area contributed by atoms with Gasteiger partial charge in [0, 0.05) is 10.2 Å². The van der Waals surface area contributed by atoms with Crippen molar-refractivity contribution in [3.63, 3.8) is 0 Å². The summed E-state index contributed by atoms with van der Waals surface area (Å²) in [6, 6.07) is 12.7. The van der Waals surface area contributed by atoms with Crippen molar-refractivity contribution in [3.8, 4) is 17.1 Å². The minimum absolute atomic E-state index is 0.105. The number of H-pyrrole nitrogens is 1. The maximum absolute atomic E-state index is 12.0. The minimum Gasteiger partial charge on any atom is -0.507 e. The van der Waals surface area contributed by atoms with Crippen LogP contribution in [0.4, 0.5) is 5.69 Å². The second-order valence-corrected chi connectivity index (χ2v) is 7.19. The summed E-state index contributed by atoms with van der Waals surface area (Å²) in [6.45, 7) is 1.99. The number of nitrogens with zero attached hydrogens (tertiary/aromatic N) is 2. The van der Waals surface area contributed by atoms with Gasteiger partial charge in [0.1, 0.15) is 5.75 Å². The highest BCUT2D eigenvalue weighted by Gasteiger charge is 2.12. The molecular weight excluding hydrogens is 404 g/mol. The standard InChI is InChI=1S/C17H15BrN4O2S/c1-10-2-5-12(6-3-10)19-15(24)9-25-17-20-16(21-22-17)13-8-11(18)4-7-14(13)23/h2-8,23H,9H2,1H3,(H,19,24)(H,20,21,22). The van der Waals surface area contributed by atoms with E-state index in [0.717, 1.165) is 15.7 Å². The fourth-order valence-corrected chi connectivity index (χ4v) is 3.05. The van der Waals surface area contributed by atoms with E-state index in [1.54, 1.807) is 18.2 Å². The van der Waals surface area contributed by atoms with E-state index in [0.29, 0.717) is 16.5 Å². The molecule has 0 radical (unpaired) electrons. The second kappa shape index (κ2) is 7.71. The Labute approximate surface area is 157 Å². The molecule has 0 aliphatic carbocycles. The number of aromatic hydroxyl groups is 1. The van der Waals surface area contributed by atoms with Crippen LogP contribution in [0.3, 0.4) is 0 Å². The number of aromatic nitrogens is 3. The summed E-state index contributed by atoms with van der Waals surface area (Å²) in [7, 11) is 0. The number of hydrogen-bond donors (Lipinski definition) is 3. The number of aryl methyl sites for hydroxylation is 1. The van der Waals surface area contributed by atoms with E-state index in [1.165, 1.54) is 11.8 Å². The lowest BCUT2D eigenvalue weighted by Gasteiger charge is -2.04. The molecule has 2 aromatic carbocycles. The van der Waals surface area contributed by atoms with Gasteiger partial charge in [0.2, 0.25) is 11.1 Å². The summed E-state index contributed by atoms with van der Waals surface area (Å²) in [5.41, 5.74) is 2.43. The van der Waals surface area contributed by atoms with Crippen molar-refractivity contribution in [1.82, 2.24) is 15.2 Å². The van der Waals surface area contributed by atoms with Crippen LogP contribution in [0.15, 0.2) is 52.1 Å². The van der Waals surface area contributed by atoms with Crippen LogP contribution in [0.25, 0.3) is 11.4 Å². The number of aromatic amines is 1. The summed E-state index contributed by atoms with van der Waals surface area (Å²) in [4.78, 5) is 16.3. The maximum atomic E-state index is 12.0.